The lowest BCUT2D eigenvalue weighted by molar-refractivity contribution is 0.668. The molecule has 4 heterocycles. The zero-order chi connectivity index (χ0) is 45.9. The second-order valence-electron chi connectivity index (χ2n) is 18.5. The minimum atomic E-state index is 0.905. The molecule has 4 aromatic heterocycles. The standard InChI is InChI=1S/C66H40N2O2/c1-3-11-49(12-4-1)67-59-29-23-43(35-53(59)55-37-45(25-31-61(55)67)47-27-33-65-57(39-47)51-15-7-9-17-63(51)69-65)41-19-21-42(22-20-41)44-24-30-60-54(36-44)56-38-46(26-32-62(56)68(60)50-13-5-2-6-14-50)48-28-34-66-58(40-48)52-16-8-10-18-64(52)70-66/h1-40H. The van der Waals surface area contributed by atoms with Crippen LogP contribution < -0.4 is 0 Å². The molecule has 0 amide bonds. The average Bonchev–Trinajstić information content (AvgIpc) is 4.18. The first-order valence-electron chi connectivity index (χ1n) is 23.9. The van der Waals surface area contributed by atoms with Crippen molar-refractivity contribution in [3.8, 4) is 55.9 Å². The molecule has 4 heteroatoms. The number of fused-ring (bicyclic) bond motifs is 12. The lowest BCUT2D eigenvalue weighted by Gasteiger charge is -2.09. The van der Waals surface area contributed by atoms with Crippen LogP contribution >= 0.6 is 0 Å². The molecule has 0 atom stereocenters. The van der Waals surface area contributed by atoms with Crippen LogP contribution in [0.5, 0.6) is 0 Å². The number of nitrogens with zero attached hydrogens (tertiary/aromatic N) is 2. The summed E-state index contributed by atoms with van der Waals surface area (Å²) >= 11 is 0. The van der Waals surface area contributed by atoms with Crippen LogP contribution in [-0.4, -0.2) is 9.13 Å². The van der Waals surface area contributed by atoms with Crippen LogP contribution in [0.3, 0.4) is 0 Å². The number of aromatic nitrogens is 2. The van der Waals surface area contributed by atoms with Gasteiger partial charge in [-0.25, -0.2) is 0 Å². The normalized spacial score (nSPS) is 12.0. The van der Waals surface area contributed by atoms with Crippen LogP contribution in [0.2, 0.25) is 0 Å². The zero-order valence-electron chi connectivity index (χ0n) is 37.8. The van der Waals surface area contributed by atoms with E-state index in [1.807, 2.05) is 24.3 Å². The SMILES string of the molecule is c1ccc(-n2c3ccc(-c4ccc(-c5ccc6c(c5)c5cc(-c7ccc8oc9ccccc9c8c7)ccc5n6-c5ccccc5)cc4)cc3c3cc(-c4ccc5oc6ccccc6c5c4)ccc32)cc1. The van der Waals surface area contributed by atoms with E-state index in [-0.39, 0.29) is 0 Å². The summed E-state index contributed by atoms with van der Waals surface area (Å²) in [7, 11) is 0. The van der Waals surface area contributed by atoms with Gasteiger partial charge in [-0.05, 0) is 154 Å². The van der Waals surface area contributed by atoms with Gasteiger partial charge in [0.25, 0.3) is 0 Å². The molecule has 15 rings (SSSR count). The maximum atomic E-state index is 6.19. The molecule has 0 spiro atoms. The predicted molar refractivity (Wildman–Crippen MR) is 291 cm³/mol. The summed E-state index contributed by atoms with van der Waals surface area (Å²) in [4.78, 5) is 0. The van der Waals surface area contributed by atoms with Crippen LogP contribution in [0.1, 0.15) is 0 Å². The maximum Gasteiger partial charge on any atom is 0.135 e. The van der Waals surface area contributed by atoms with Crippen molar-refractivity contribution in [3.05, 3.63) is 243 Å². The third kappa shape index (κ3) is 5.97. The van der Waals surface area contributed by atoms with Crippen LogP contribution in [-0.2, 0) is 0 Å². The summed E-state index contributed by atoms with van der Waals surface area (Å²) < 4.78 is 17.2. The Hall–Kier alpha value is -9.38. The summed E-state index contributed by atoms with van der Waals surface area (Å²) in [5.41, 5.74) is 20.0. The number of furan rings is 2. The molecule has 0 saturated carbocycles. The van der Waals surface area contributed by atoms with Gasteiger partial charge in [-0.3, -0.25) is 0 Å². The molecule has 4 nitrogen and oxygen atoms in total. The lowest BCUT2D eigenvalue weighted by atomic mass is 9.97. The first kappa shape index (κ1) is 38.7. The van der Waals surface area contributed by atoms with Crippen molar-refractivity contribution in [1.29, 1.82) is 0 Å². The highest BCUT2D eigenvalue weighted by Gasteiger charge is 2.18. The number of para-hydroxylation sites is 4. The van der Waals surface area contributed by atoms with Crippen LogP contribution in [0, 0.1) is 0 Å². The molecule has 15 aromatic rings. The summed E-state index contributed by atoms with van der Waals surface area (Å²) in [5.74, 6) is 0. The van der Waals surface area contributed by atoms with Crippen molar-refractivity contribution in [2.24, 2.45) is 0 Å². The predicted octanol–water partition coefficient (Wildman–Crippen LogP) is 18.3. The van der Waals surface area contributed by atoms with E-state index in [1.54, 1.807) is 0 Å². The van der Waals surface area contributed by atoms with E-state index >= 15 is 0 Å². The molecular weight excluding hydrogens is 853 g/mol. The van der Waals surface area contributed by atoms with Crippen LogP contribution in [0.15, 0.2) is 251 Å². The first-order valence-corrected chi connectivity index (χ1v) is 23.9. The molecule has 0 aliphatic carbocycles. The average molecular weight is 893 g/mol. The van der Waals surface area contributed by atoms with Gasteiger partial charge < -0.3 is 18.0 Å². The molecular formula is C66H40N2O2. The van der Waals surface area contributed by atoms with Crippen LogP contribution in [0.25, 0.3) is 143 Å². The Morgan fingerprint density at radius 1 is 0.200 bits per heavy atom. The van der Waals surface area contributed by atoms with Gasteiger partial charge in [0.05, 0.1) is 22.1 Å². The van der Waals surface area contributed by atoms with Gasteiger partial charge in [-0.1, -0.05) is 133 Å². The van der Waals surface area contributed by atoms with E-state index in [4.69, 9.17) is 8.83 Å². The van der Waals surface area contributed by atoms with E-state index in [9.17, 15) is 0 Å². The summed E-state index contributed by atoms with van der Waals surface area (Å²) in [6.07, 6.45) is 0. The number of benzene rings is 11. The van der Waals surface area contributed by atoms with Crippen molar-refractivity contribution < 1.29 is 8.83 Å². The van der Waals surface area contributed by atoms with Gasteiger partial charge in [0.15, 0.2) is 0 Å². The molecule has 11 aromatic carbocycles. The Labute approximate surface area is 402 Å². The van der Waals surface area contributed by atoms with E-state index in [0.717, 1.165) is 66.4 Å². The largest absolute Gasteiger partial charge is 0.456 e. The van der Waals surface area contributed by atoms with Crippen molar-refractivity contribution in [2.45, 2.75) is 0 Å². The molecule has 0 bridgehead atoms. The Morgan fingerprint density at radius 3 is 0.843 bits per heavy atom. The Bertz CT molecular complexity index is 4270. The van der Waals surface area contributed by atoms with Crippen molar-refractivity contribution in [3.63, 3.8) is 0 Å². The molecule has 0 radical (unpaired) electrons. The third-order valence-electron chi connectivity index (χ3n) is 14.5. The number of rotatable bonds is 6. The molecule has 70 heavy (non-hydrogen) atoms. The molecule has 0 unspecified atom stereocenters. The number of hydrogen-bond acceptors (Lipinski definition) is 2. The fraction of sp³-hybridized carbons (Fsp3) is 0. The second-order valence-corrected chi connectivity index (χ2v) is 18.5. The van der Waals surface area contributed by atoms with Crippen molar-refractivity contribution in [1.82, 2.24) is 9.13 Å². The smallest absolute Gasteiger partial charge is 0.135 e. The summed E-state index contributed by atoms with van der Waals surface area (Å²) in [6, 6.07) is 87.8. The second kappa shape index (κ2) is 15.1. The van der Waals surface area contributed by atoms with E-state index < -0.39 is 0 Å². The summed E-state index contributed by atoms with van der Waals surface area (Å²) in [5, 5.41) is 9.40. The quantitative estimate of drug-likeness (QED) is 0.167. The van der Waals surface area contributed by atoms with E-state index in [1.165, 1.54) is 77.0 Å². The maximum absolute atomic E-state index is 6.19. The lowest BCUT2D eigenvalue weighted by Crippen LogP contribution is -1.93. The van der Waals surface area contributed by atoms with Gasteiger partial charge >= 0.3 is 0 Å². The summed E-state index contributed by atoms with van der Waals surface area (Å²) in [6.45, 7) is 0. The fourth-order valence-corrected chi connectivity index (χ4v) is 11.1. The fourth-order valence-electron chi connectivity index (χ4n) is 11.1. The molecule has 0 fully saturated rings. The Balaban J connectivity index is 0.831. The third-order valence-corrected chi connectivity index (χ3v) is 14.5. The highest BCUT2D eigenvalue weighted by atomic mass is 16.3. The topological polar surface area (TPSA) is 36.1 Å². The minimum absolute atomic E-state index is 0.905. The van der Waals surface area contributed by atoms with Crippen molar-refractivity contribution in [2.75, 3.05) is 0 Å². The van der Waals surface area contributed by atoms with Crippen molar-refractivity contribution >= 4 is 87.5 Å². The monoisotopic (exact) mass is 892 g/mol. The molecule has 0 aliphatic heterocycles. The van der Waals surface area contributed by atoms with Gasteiger partial charge in [-0.2, -0.15) is 0 Å². The molecule has 326 valence electrons. The Morgan fingerprint density at radius 2 is 0.471 bits per heavy atom. The highest BCUT2D eigenvalue weighted by Crippen LogP contribution is 2.42. The minimum Gasteiger partial charge on any atom is -0.456 e. The van der Waals surface area contributed by atoms with Gasteiger partial charge in [0.2, 0.25) is 0 Å². The molecule has 0 aliphatic rings. The van der Waals surface area contributed by atoms with Gasteiger partial charge in [0, 0.05) is 54.5 Å². The van der Waals surface area contributed by atoms with E-state index in [0.29, 0.717) is 0 Å². The highest BCUT2D eigenvalue weighted by molar-refractivity contribution is 6.14. The zero-order valence-corrected chi connectivity index (χ0v) is 37.8. The molecule has 0 N–H and O–H groups in total. The van der Waals surface area contributed by atoms with Gasteiger partial charge in [-0.15, -0.1) is 0 Å². The number of hydrogen-bond donors (Lipinski definition) is 0. The van der Waals surface area contributed by atoms with E-state index in [2.05, 4.69) is 228 Å². The Kier molecular flexibility index (Phi) is 8.33. The first-order chi connectivity index (χ1) is 34.7. The van der Waals surface area contributed by atoms with Crippen LogP contribution in [0.4, 0.5) is 0 Å². The van der Waals surface area contributed by atoms with Gasteiger partial charge in [0.1, 0.15) is 22.3 Å². The molecule has 0 saturated heterocycles.